The van der Waals surface area contributed by atoms with Gasteiger partial charge in [-0.2, -0.15) is 5.11 Å². The van der Waals surface area contributed by atoms with Gasteiger partial charge in [0.2, 0.25) is 0 Å². The number of anilines is 1. The van der Waals surface area contributed by atoms with Crippen molar-refractivity contribution in [2.75, 3.05) is 12.8 Å². The van der Waals surface area contributed by atoms with Gasteiger partial charge in [-0.05, 0) is 36.8 Å². The van der Waals surface area contributed by atoms with Crippen LogP contribution in [0.25, 0.3) is 0 Å². The number of hydrogen-bond acceptors (Lipinski definition) is 6. The Labute approximate surface area is 121 Å². The first kappa shape index (κ1) is 14.4. The number of nitrogens with zero attached hydrogens (tertiary/aromatic N) is 3. The quantitative estimate of drug-likeness (QED) is 0.398. The van der Waals surface area contributed by atoms with Gasteiger partial charge < -0.3 is 10.5 Å². The van der Waals surface area contributed by atoms with Crippen LogP contribution in [0.4, 0.5) is 22.7 Å². The average molecular weight is 286 g/mol. The fourth-order valence-corrected chi connectivity index (χ4v) is 1.70. The number of aryl methyl sites for hydroxylation is 1. The summed E-state index contributed by atoms with van der Waals surface area (Å²) in [4.78, 5) is 10.2. The van der Waals surface area contributed by atoms with Gasteiger partial charge in [0, 0.05) is 11.8 Å². The molecular weight excluding hydrogens is 272 g/mol. The van der Waals surface area contributed by atoms with E-state index in [0.717, 1.165) is 5.56 Å². The van der Waals surface area contributed by atoms with Crippen molar-refractivity contribution in [3.63, 3.8) is 0 Å². The highest BCUT2D eigenvalue weighted by atomic mass is 16.6. The number of non-ortho nitro benzene ring substituents is 1. The molecule has 0 radical (unpaired) electrons. The Morgan fingerprint density at radius 3 is 2.57 bits per heavy atom. The molecule has 21 heavy (non-hydrogen) atoms. The number of azo groups is 1. The van der Waals surface area contributed by atoms with E-state index in [1.165, 1.54) is 25.3 Å². The summed E-state index contributed by atoms with van der Waals surface area (Å²) in [6.45, 7) is 1.88. The van der Waals surface area contributed by atoms with Crippen LogP contribution in [0.3, 0.4) is 0 Å². The number of nitrogen functional groups attached to an aromatic ring is 1. The Bertz CT molecular complexity index is 713. The highest BCUT2D eigenvalue weighted by Crippen LogP contribution is 2.32. The number of nitrogens with two attached hydrogens (primary N) is 1. The highest BCUT2D eigenvalue weighted by Gasteiger charge is 2.10. The molecule has 0 saturated carbocycles. The Morgan fingerprint density at radius 2 is 1.95 bits per heavy atom. The van der Waals surface area contributed by atoms with Gasteiger partial charge in [0.15, 0.2) is 5.75 Å². The lowest BCUT2D eigenvalue weighted by molar-refractivity contribution is -0.384. The molecule has 7 nitrogen and oxygen atoms in total. The normalized spacial score (nSPS) is 10.8. The molecule has 0 heterocycles. The van der Waals surface area contributed by atoms with Gasteiger partial charge in [0.05, 0.1) is 23.8 Å². The fraction of sp³-hybridized carbons (Fsp3) is 0.143. The van der Waals surface area contributed by atoms with Gasteiger partial charge in [-0.15, -0.1) is 5.11 Å². The zero-order chi connectivity index (χ0) is 15.4. The van der Waals surface area contributed by atoms with Gasteiger partial charge in [0.1, 0.15) is 5.69 Å². The van der Waals surface area contributed by atoms with E-state index < -0.39 is 4.92 Å². The summed E-state index contributed by atoms with van der Waals surface area (Å²) >= 11 is 0. The van der Waals surface area contributed by atoms with Crippen LogP contribution in [-0.4, -0.2) is 12.0 Å². The number of rotatable bonds is 4. The summed E-state index contributed by atoms with van der Waals surface area (Å²) < 4.78 is 5.09. The van der Waals surface area contributed by atoms with E-state index in [1.54, 1.807) is 18.2 Å². The molecule has 0 aromatic heterocycles. The van der Waals surface area contributed by atoms with Crippen LogP contribution in [0.1, 0.15) is 5.56 Å². The van der Waals surface area contributed by atoms with E-state index in [2.05, 4.69) is 10.2 Å². The fourth-order valence-electron chi connectivity index (χ4n) is 1.70. The molecule has 0 saturated heterocycles. The van der Waals surface area contributed by atoms with Crippen molar-refractivity contribution in [3.05, 3.63) is 52.1 Å². The molecule has 0 aliphatic heterocycles. The number of nitro groups is 1. The molecule has 0 fully saturated rings. The van der Waals surface area contributed by atoms with Crippen LogP contribution in [0.2, 0.25) is 0 Å². The number of hydrogen-bond donors (Lipinski definition) is 1. The molecule has 2 aromatic rings. The second-order valence-corrected chi connectivity index (χ2v) is 4.35. The van der Waals surface area contributed by atoms with Crippen molar-refractivity contribution in [1.82, 2.24) is 0 Å². The van der Waals surface area contributed by atoms with Crippen LogP contribution < -0.4 is 10.5 Å². The summed E-state index contributed by atoms with van der Waals surface area (Å²) in [5.41, 5.74) is 8.31. The van der Waals surface area contributed by atoms with Crippen molar-refractivity contribution >= 4 is 22.7 Å². The van der Waals surface area contributed by atoms with Gasteiger partial charge >= 0.3 is 0 Å². The van der Waals surface area contributed by atoms with E-state index in [4.69, 9.17) is 10.5 Å². The number of methoxy groups -OCH3 is 1. The smallest absolute Gasteiger partial charge is 0.273 e. The second kappa shape index (κ2) is 6.00. The zero-order valence-corrected chi connectivity index (χ0v) is 11.6. The third-order valence-corrected chi connectivity index (χ3v) is 2.90. The first-order chi connectivity index (χ1) is 10.0. The minimum atomic E-state index is -0.493. The van der Waals surface area contributed by atoms with E-state index in [-0.39, 0.29) is 5.69 Å². The SMILES string of the molecule is COc1cc([N+](=O)[O-])ccc1N=Nc1ccc(N)c(C)c1. The second-order valence-electron chi connectivity index (χ2n) is 4.35. The topological polar surface area (TPSA) is 103 Å². The maximum atomic E-state index is 10.7. The van der Waals surface area contributed by atoms with E-state index in [0.29, 0.717) is 22.8 Å². The molecule has 2 aromatic carbocycles. The van der Waals surface area contributed by atoms with Crippen LogP contribution in [0, 0.1) is 17.0 Å². The van der Waals surface area contributed by atoms with Gasteiger partial charge in [-0.1, -0.05) is 0 Å². The molecule has 0 bridgehead atoms. The number of nitro benzene ring substituents is 1. The Balaban J connectivity index is 2.31. The largest absolute Gasteiger partial charge is 0.494 e. The molecule has 108 valence electrons. The summed E-state index contributed by atoms with van der Waals surface area (Å²) in [6.07, 6.45) is 0. The summed E-state index contributed by atoms with van der Waals surface area (Å²) in [5, 5.41) is 18.8. The standard InChI is InChI=1S/C14H14N4O3/c1-9-7-10(3-5-12(9)15)16-17-13-6-4-11(18(19)20)8-14(13)21-2/h3-8H,15H2,1-2H3. The summed E-state index contributed by atoms with van der Waals surface area (Å²) in [6, 6.07) is 9.44. The molecule has 2 N–H and O–H groups in total. The van der Waals surface area contributed by atoms with Crippen molar-refractivity contribution in [2.24, 2.45) is 10.2 Å². The minimum Gasteiger partial charge on any atom is -0.494 e. The maximum Gasteiger partial charge on any atom is 0.273 e. The Morgan fingerprint density at radius 1 is 1.19 bits per heavy atom. The molecule has 0 spiro atoms. The van der Waals surface area contributed by atoms with Gasteiger partial charge in [0.25, 0.3) is 5.69 Å². The van der Waals surface area contributed by atoms with E-state index in [1.807, 2.05) is 6.92 Å². The molecular formula is C14H14N4O3. The third-order valence-electron chi connectivity index (χ3n) is 2.90. The number of ether oxygens (including phenoxy) is 1. The highest BCUT2D eigenvalue weighted by molar-refractivity contribution is 5.58. The lowest BCUT2D eigenvalue weighted by Crippen LogP contribution is -1.90. The van der Waals surface area contributed by atoms with E-state index >= 15 is 0 Å². The lowest BCUT2D eigenvalue weighted by Gasteiger charge is -2.03. The predicted octanol–water partition coefficient (Wildman–Crippen LogP) is 3.91. The molecule has 0 aliphatic rings. The summed E-state index contributed by atoms with van der Waals surface area (Å²) in [7, 11) is 1.42. The average Bonchev–Trinajstić information content (AvgIpc) is 2.48. The van der Waals surface area contributed by atoms with Crippen LogP contribution in [0.15, 0.2) is 46.6 Å². The minimum absolute atomic E-state index is 0.0610. The maximum absolute atomic E-state index is 10.7. The Hall–Kier alpha value is -2.96. The molecule has 0 unspecified atom stereocenters. The van der Waals surface area contributed by atoms with Crippen molar-refractivity contribution in [2.45, 2.75) is 6.92 Å². The van der Waals surface area contributed by atoms with E-state index in [9.17, 15) is 10.1 Å². The Kier molecular flexibility index (Phi) is 4.13. The zero-order valence-electron chi connectivity index (χ0n) is 11.6. The van der Waals surface area contributed by atoms with Crippen molar-refractivity contribution in [3.8, 4) is 5.75 Å². The molecule has 0 aliphatic carbocycles. The molecule has 2 rings (SSSR count). The van der Waals surface area contributed by atoms with Gasteiger partial charge in [-0.3, -0.25) is 10.1 Å². The monoisotopic (exact) mass is 286 g/mol. The first-order valence-corrected chi connectivity index (χ1v) is 6.11. The lowest BCUT2D eigenvalue weighted by atomic mass is 10.2. The molecule has 7 heteroatoms. The van der Waals surface area contributed by atoms with Crippen molar-refractivity contribution in [1.29, 1.82) is 0 Å². The van der Waals surface area contributed by atoms with Gasteiger partial charge in [-0.25, -0.2) is 0 Å². The number of benzene rings is 2. The summed E-state index contributed by atoms with van der Waals surface area (Å²) in [5.74, 6) is 0.292. The molecule has 0 atom stereocenters. The first-order valence-electron chi connectivity index (χ1n) is 6.11. The van der Waals surface area contributed by atoms with Crippen LogP contribution in [0.5, 0.6) is 5.75 Å². The predicted molar refractivity (Wildman–Crippen MR) is 79.4 cm³/mol. The third kappa shape index (κ3) is 3.33. The molecule has 0 amide bonds. The van der Waals surface area contributed by atoms with Crippen molar-refractivity contribution < 1.29 is 9.66 Å². The van der Waals surface area contributed by atoms with Crippen LogP contribution >= 0.6 is 0 Å². The van der Waals surface area contributed by atoms with Crippen LogP contribution in [-0.2, 0) is 0 Å².